The molecule has 0 spiro atoms. The lowest BCUT2D eigenvalue weighted by molar-refractivity contribution is 0.0437. The summed E-state index contributed by atoms with van der Waals surface area (Å²) in [6.07, 6.45) is 1.46. The number of para-hydroxylation sites is 1. The Morgan fingerprint density at radius 2 is 2.00 bits per heavy atom. The second-order valence-corrected chi connectivity index (χ2v) is 8.58. The molecule has 30 heavy (non-hydrogen) atoms. The molecule has 0 bridgehead atoms. The van der Waals surface area contributed by atoms with E-state index in [0.29, 0.717) is 17.1 Å². The van der Waals surface area contributed by atoms with Crippen molar-refractivity contribution in [3.05, 3.63) is 89.3 Å². The van der Waals surface area contributed by atoms with Crippen LogP contribution in [0.2, 0.25) is 5.02 Å². The number of esters is 1. The van der Waals surface area contributed by atoms with Gasteiger partial charge in [0.1, 0.15) is 0 Å². The molecule has 0 fully saturated rings. The number of ether oxygens (including phenoxy) is 1. The number of halogens is 1. The summed E-state index contributed by atoms with van der Waals surface area (Å²) in [5, 5.41) is 4.00. The van der Waals surface area contributed by atoms with Gasteiger partial charge in [-0.1, -0.05) is 41.0 Å². The highest BCUT2D eigenvalue weighted by Gasteiger charge is 2.26. The van der Waals surface area contributed by atoms with Crippen molar-refractivity contribution in [3.8, 4) is 0 Å². The van der Waals surface area contributed by atoms with Crippen LogP contribution in [-0.2, 0) is 21.4 Å². The van der Waals surface area contributed by atoms with E-state index in [2.05, 4.69) is 11.7 Å². The van der Waals surface area contributed by atoms with Gasteiger partial charge in [-0.15, -0.1) is 6.58 Å². The van der Waals surface area contributed by atoms with Crippen LogP contribution in [0.15, 0.2) is 76.7 Å². The van der Waals surface area contributed by atoms with Crippen LogP contribution in [0.4, 0.5) is 5.69 Å². The molecular weight excluding hydrogens is 428 g/mol. The van der Waals surface area contributed by atoms with Gasteiger partial charge in [-0.05, 0) is 37.3 Å². The molecule has 7 nitrogen and oxygen atoms in total. The Hall–Kier alpha value is -3.10. The van der Waals surface area contributed by atoms with E-state index >= 15 is 0 Å². The van der Waals surface area contributed by atoms with Crippen LogP contribution in [0.25, 0.3) is 0 Å². The van der Waals surface area contributed by atoms with Gasteiger partial charge in [0.15, 0.2) is 12.4 Å². The first-order valence-electron chi connectivity index (χ1n) is 8.90. The molecule has 1 heterocycles. The SMILES string of the molecule is C=CCN(c1ccccc1Cl)S(=O)(=O)c1cccc(C(=O)OCc2cc(C)no2)c1. The van der Waals surface area contributed by atoms with E-state index in [1.807, 2.05) is 0 Å². The molecule has 2 aromatic carbocycles. The second-order valence-electron chi connectivity index (χ2n) is 6.31. The summed E-state index contributed by atoms with van der Waals surface area (Å²) < 4.78 is 37.9. The normalized spacial score (nSPS) is 11.1. The van der Waals surface area contributed by atoms with Crippen LogP contribution in [0.1, 0.15) is 21.8 Å². The number of carbonyl (C=O) groups excluding carboxylic acids is 1. The first kappa shape index (κ1) is 21.6. The highest BCUT2D eigenvalue weighted by Crippen LogP contribution is 2.30. The molecule has 9 heteroatoms. The Morgan fingerprint density at radius 1 is 1.23 bits per heavy atom. The van der Waals surface area contributed by atoms with Gasteiger partial charge in [0, 0.05) is 6.07 Å². The maximum absolute atomic E-state index is 13.3. The molecule has 0 N–H and O–H groups in total. The first-order valence-corrected chi connectivity index (χ1v) is 10.7. The van der Waals surface area contributed by atoms with Gasteiger partial charge in [-0.2, -0.15) is 0 Å². The maximum Gasteiger partial charge on any atom is 0.338 e. The molecule has 0 aliphatic rings. The lowest BCUT2D eigenvalue weighted by Crippen LogP contribution is -2.31. The Bertz CT molecular complexity index is 1170. The van der Waals surface area contributed by atoms with Gasteiger partial charge in [-0.3, -0.25) is 4.31 Å². The smallest absolute Gasteiger partial charge is 0.338 e. The second kappa shape index (κ2) is 9.15. The van der Waals surface area contributed by atoms with Crippen LogP contribution in [0.3, 0.4) is 0 Å². The molecule has 0 atom stereocenters. The Balaban J connectivity index is 1.87. The van der Waals surface area contributed by atoms with Crippen LogP contribution in [0, 0.1) is 6.92 Å². The van der Waals surface area contributed by atoms with Gasteiger partial charge in [0.2, 0.25) is 0 Å². The molecular formula is C21H19ClN2O5S. The van der Waals surface area contributed by atoms with E-state index in [9.17, 15) is 13.2 Å². The van der Waals surface area contributed by atoms with E-state index in [0.717, 1.165) is 4.31 Å². The molecule has 1 aromatic heterocycles. The number of nitrogens with zero attached hydrogens (tertiary/aromatic N) is 2. The third-order valence-electron chi connectivity index (χ3n) is 4.10. The monoisotopic (exact) mass is 446 g/mol. The van der Waals surface area contributed by atoms with Crippen molar-refractivity contribution in [1.29, 1.82) is 0 Å². The number of aromatic nitrogens is 1. The summed E-state index contributed by atoms with van der Waals surface area (Å²) >= 11 is 6.20. The zero-order chi connectivity index (χ0) is 21.7. The highest BCUT2D eigenvalue weighted by molar-refractivity contribution is 7.92. The largest absolute Gasteiger partial charge is 0.454 e. The highest BCUT2D eigenvalue weighted by atomic mass is 35.5. The van der Waals surface area contributed by atoms with E-state index < -0.39 is 16.0 Å². The first-order chi connectivity index (χ1) is 14.3. The van der Waals surface area contributed by atoms with E-state index in [1.54, 1.807) is 37.3 Å². The summed E-state index contributed by atoms with van der Waals surface area (Å²) in [7, 11) is -4.02. The molecule has 3 aromatic rings. The number of hydrogen-bond donors (Lipinski definition) is 0. The van der Waals surface area contributed by atoms with Crippen molar-refractivity contribution in [2.45, 2.75) is 18.4 Å². The number of hydrogen-bond acceptors (Lipinski definition) is 6. The number of anilines is 1. The lowest BCUT2D eigenvalue weighted by Gasteiger charge is -2.24. The average molecular weight is 447 g/mol. The van der Waals surface area contributed by atoms with Crippen molar-refractivity contribution in [1.82, 2.24) is 5.16 Å². The number of benzene rings is 2. The molecule has 0 aliphatic carbocycles. The lowest BCUT2D eigenvalue weighted by atomic mass is 10.2. The number of sulfonamides is 1. The van der Waals surface area contributed by atoms with Crippen molar-refractivity contribution < 1.29 is 22.5 Å². The maximum atomic E-state index is 13.3. The third-order valence-corrected chi connectivity index (χ3v) is 6.19. The standard InChI is InChI=1S/C21H19ClN2O5S/c1-3-11-24(20-10-5-4-9-19(20)22)30(26,27)18-8-6-7-16(13-18)21(25)28-14-17-12-15(2)23-29-17/h3-10,12-13H,1,11,14H2,2H3. The van der Waals surface area contributed by atoms with Crippen LogP contribution < -0.4 is 4.31 Å². The predicted molar refractivity (Wildman–Crippen MR) is 113 cm³/mol. The zero-order valence-corrected chi connectivity index (χ0v) is 17.7. The van der Waals surface area contributed by atoms with Crippen LogP contribution >= 0.6 is 11.6 Å². The topological polar surface area (TPSA) is 89.7 Å². The fraction of sp³-hybridized carbons (Fsp3) is 0.143. The average Bonchev–Trinajstić information content (AvgIpc) is 3.16. The molecule has 0 saturated carbocycles. The van der Waals surface area contributed by atoms with Crippen LogP contribution in [0.5, 0.6) is 0 Å². The van der Waals surface area contributed by atoms with E-state index in [-0.39, 0.29) is 28.6 Å². The minimum absolute atomic E-state index is 0.00554. The number of aryl methyl sites for hydroxylation is 1. The summed E-state index contributed by atoms with van der Waals surface area (Å²) in [5.41, 5.74) is 1.06. The van der Waals surface area contributed by atoms with Crippen molar-refractivity contribution in [3.63, 3.8) is 0 Å². The molecule has 0 radical (unpaired) electrons. The third kappa shape index (κ3) is 4.72. The Morgan fingerprint density at radius 3 is 2.67 bits per heavy atom. The quantitative estimate of drug-likeness (QED) is 0.377. The zero-order valence-electron chi connectivity index (χ0n) is 16.1. The van der Waals surface area contributed by atoms with Gasteiger partial charge in [0.05, 0.1) is 33.4 Å². The summed E-state index contributed by atoms with van der Waals surface area (Å²) in [6, 6.07) is 13.8. The molecule has 0 amide bonds. The molecule has 0 unspecified atom stereocenters. The predicted octanol–water partition coefficient (Wildman–Crippen LogP) is 4.37. The van der Waals surface area contributed by atoms with Gasteiger partial charge >= 0.3 is 5.97 Å². The van der Waals surface area contributed by atoms with Gasteiger partial charge in [-0.25, -0.2) is 13.2 Å². The summed E-state index contributed by atoms with van der Waals surface area (Å²) in [4.78, 5) is 12.3. The van der Waals surface area contributed by atoms with Crippen molar-refractivity contribution in [2.24, 2.45) is 0 Å². The van der Waals surface area contributed by atoms with Crippen molar-refractivity contribution >= 4 is 33.3 Å². The molecule has 0 saturated heterocycles. The van der Waals surface area contributed by atoms with Crippen LogP contribution in [-0.4, -0.2) is 26.1 Å². The van der Waals surface area contributed by atoms with E-state index in [1.165, 1.54) is 30.3 Å². The molecule has 3 rings (SSSR count). The van der Waals surface area contributed by atoms with Crippen molar-refractivity contribution in [2.75, 3.05) is 10.8 Å². The minimum atomic E-state index is -4.02. The summed E-state index contributed by atoms with van der Waals surface area (Å²) in [5.74, 6) is -0.297. The molecule has 0 aliphatic heterocycles. The fourth-order valence-corrected chi connectivity index (χ4v) is 4.50. The number of carbonyl (C=O) groups is 1. The van der Waals surface area contributed by atoms with E-state index in [4.69, 9.17) is 20.9 Å². The fourth-order valence-electron chi connectivity index (χ4n) is 2.71. The summed E-state index contributed by atoms with van der Waals surface area (Å²) in [6.45, 7) is 5.27. The Labute approximate surface area is 179 Å². The van der Waals surface area contributed by atoms with Gasteiger partial charge < -0.3 is 9.26 Å². The minimum Gasteiger partial charge on any atom is -0.454 e. The number of rotatable bonds is 8. The Kier molecular flexibility index (Phi) is 6.59. The molecule has 156 valence electrons. The van der Waals surface area contributed by atoms with Gasteiger partial charge in [0.25, 0.3) is 10.0 Å².